The quantitative estimate of drug-likeness (QED) is 0.188. The van der Waals surface area contributed by atoms with Gasteiger partial charge in [-0.2, -0.15) is 0 Å². The molecule has 0 radical (unpaired) electrons. The Morgan fingerprint density at radius 1 is 0.643 bits per heavy atom. The predicted octanol–water partition coefficient (Wildman–Crippen LogP) is -0.868. The molecule has 0 bridgehead atoms. The fraction of sp³-hybridized carbons (Fsp3) is 0.438. The van der Waals surface area contributed by atoms with Crippen LogP contribution in [0.3, 0.4) is 0 Å². The number of carbonyl (C=O) groups is 5. The van der Waals surface area contributed by atoms with Crippen molar-refractivity contribution >= 4 is 29.8 Å². The summed E-state index contributed by atoms with van der Waals surface area (Å²) in [5.74, 6) is -5.82. The van der Waals surface area contributed by atoms with Crippen LogP contribution in [0, 0.1) is 0 Å². The van der Waals surface area contributed by atoms with E-state index in [4.69, 9.17) is 25.5 Å². The Balaban J connectivity index is 0. The molecule has 0 aliphatic carbocycles. The largest absolute Gasteiger partial charge is 0.480 e. The molecule has 12 heteroatoms. The standard InChI is InChI=1S/C10H16N2O8.C6H8O2/c13-7(14)3-11(4-8(15)16)1-2-12(5-9(17)18)6-10(19)20;1-2-3-4-5-6(7)8/h1-6H2,(H,13,14)(H,15,16)(H,17,18)(H,19,20);2-5H,1H3,(H,7,8). The van der Waals surface area contributed by atoms with Gasteiger partial charge < -0.3 is 25.5 Å². The maximum Gasteiger partial charge on any atom is 0.328 e. The minimum Gasteiger partial charge on any atom is -0.480 e. The summed E-state index contributed by atoms with van der Waals surface area (Å²) in [6, 6.07) is 0. The molecule has 0 fully saturated rings. The number of aliphatic carboxylic acids is 5. The van der Waals surface area contributed by atoms with Crippen molar-refractivity contribution in [2.45, 2.75) is 6.92 Å². The zero-order valence-corrected chi connectivity index (χ0v) is 15.2. The van der Waals surface area contributed by atoms with E-state index in [2.05, 4.69) is 0 Å². The summed E-state index contributed by atoms with van der Waals surface area (Å²) in [5.41, 5.74) is 0. The highest BCUT2D eigenvalue weighted by Crippen LogP contribution is 1.94. The Morgan fingerprint density at radius 2 is 0.964 bits per heavy atom. The molecule has 0 aromatic heterocycles. The molecular weight excluding hydrogens is 380 g/mol. The van der Waals surface area contributed by atoms with E-state index in [-0.39, 0.29) is 13.1 Å². The lowest BCUT2D eigenvalue weighted by Gasteiger charge is -2.23. The topological polar surface area (TPSA) is 193 Å². The van der Waals surface area contributed by atoms with Crippen LogP contribution in [-0.2, 0) is 24.0 Å². The second-order valence-electron chi connectivity index (χ2n) is 5.22. The van der Waals surface area contributed by atoms with E-state index in [0.717, 1.165) is 15.9 Å². The highest BCUT2D eigenvalue weighted by atomic mass is 16.4. The second-order valence-corrected chi connectivity index (χ2v) is 5.22. The van der Waals surface area contributed by atoms with Gasteiger partial charge in [-0.15, -0.1) is 0 Å². The molecule has 0 atom stereocenters. The molecule has 0 aliphatic heterocycles. The third-order valence-electron chi connectivity index (χ3n) is 2.71. The van der Waals surface area contributed by atoms with Gasteiger partial charge in [-0.1, -0.05) is 18.2 Å². The number of nitrogens with zero attached hydrogens (tertiary/aromatic N) is 2. The van der Waals surface area contributed by atoms with E-state index in [1.165, 1.54) is 6.08 Å². The Hall–Kier alpha value is -3.25. The van der Waals surface area contributed by atoms with Crippen LogP contribution in [0.5, 0.6) is 0 Å². The summed E-state index contributed by atoms with van der Waals surface area (Å²) in [5, 5.41) is 42.5. The molecule has 0 saturated carbocycles. The van der Waals surface area contributed by atoms with Crippen molar-refractivity contribution in [1.29, 1.82) is 0 Å². The van der Waals surface area contributed by atoms with Crippen LogP contribution < -0.4 is 0 Å². The predicted molar refractivity (Wildman–Crippen MR) is 95.0 cm³/mol. The van der Waals surface area contributed by atoms with E-state index in [1.54, 1.807) is 12.2 Å². The van der Waals surface area contributed by atoms with Crippen LogP contribution in [0.1, 0.15) is 6.92 Å². The molecule has 0 saturated heterocycles. The summed E-state index contributed by atoms with van der Waals surface area (Å²) in [6.45, 7) is -0.425. The maximum atomic E-state index is 10.6. The fourth-order valence-corrected chi connectivity index (χ4v) is 1.73. The van der Waals surface area contributed by atoms with Crippen LogP contribution in [0.2, 0.25) is 0 Å². The van der Waals surface area contributed by atoms with Crippen LogP contribution in [0.4, 0.5) is 0 Å². The van der Waals surface area contributed by atoms with E-state index in [9.17, 15) is 24.0 Å². The molecule has 0 aromatic carbocycles. The summed E-state index contributed by atoms with van der Waals surface area (Å²) in [4.78, 5) is 54.1. The molecule has 0 unspecified atom stereocenters. The normalized spacial score (nSPS) is 10.8. The lowest BCUT2D eigenvalue weighted by molar-refractivity contribution is -0.145. The van der Waals surface area contributed by atoms with Gasteiger partial charge >= 0.3 is 29.8 Å². The summed E-state index contributed by atoms with van der Waals surface area (Å²) >= 11 is 0. The zero-order valence-electron chi connectivity index (χ0n) is 15.2. The molecule has 0 aromatic rings. The minimum absolute atomic E-state index is 0.0703. The maximum absolute atomic E-state index is 10.6. The van der Waals surface area contributed by atoms with Crippen LogP contribution >= 0.6 is 0 Å². The summed E-state index contributed by atoms with van der Waals surface area (Å²) in [7, 11) is 0. The van der Waals surface area contributed by atoms with Gasteiger partial charge in [-0.25, -0.2) is 4.79 Å². The molecule has 5 N–H and O–H groups in total. The number of rotatable bonds is 13. The molecule has 0 rings (SSSR count). The molecule has 28 heavy (non-hydrogen) atoms. The van der Waals surface area contributed by atoms with Gasteiger partial charge in [0.15, 0.2) is 0 Å². The lowest BCUT2D eigenvalue weighted by atomic mass is 10.4. The van der Waals surface area contributed by atoms with Gasteiger partial charge in [0.05, 0.1) is 26.2 Å². The highest BCUT2D eigenvalue weighted by molar-refractivity contribution is 5.80. The van der Waals surface area contributed by atoms with Crippen LogP contribution in [-0.4, -0.2) is 104 Å². The number of carboxylic acid groups (broad SMARTS) is 5. The lowest BCUT2D eigenvalue weighted by Crippen LogP contribution is -2.43. The monoisotopic (exact) mass is 404 g/mol. The van der Waals surface area contributed by atoms with Crippen molar-refractivity contribution < 1.29 is 49.5 Å². The first-order chi connectivity index (χ1) is 13.0. The van der Waals surface area contributed by atoms with Crippen molar-refractivity contribution in [3.05, 3.63) is 24.3 Å². The summed E-state index contributed by atoms with van der Waals surface area (Å²) < 4.78 is 0. The molecule has 12 nitrogen and oxygen atoms in total. The zero-order chi connectivity index (χ0) is 22.1. The van der Waals surface area contributed by atoms with Crippen LogP contribution in [0.25, 0.3) is 0 Å². The van der Waals surface area contributed by atoms with Gasteiger partial charge in [-0.3, -0.25) is 29.0 Å². The van der Waals surface area contributed by atoms with Gasteiger partial charge in [0.2, 0.25) is 0 Å². The first-order valence-electron chi connectivity index (χ1n) is 7.82. The highest BCUT2D eigenvalue weighted by Gasteiger charge is 2.17. The van der Waals surface area contributed by atoms with E-state index in [1.807, 2.05) is 6.92 Å². The molecule has 0 aliphatic rings. The van der Waals surface area contributed by atoms with Gasteiger partial charge in [0.1, 0.15) is 0 Å². The van der Waals surface area contributed by atoms with Crippen molar-refractivity contribution in [2.24, 2.45) is 0 Å². The molecule has 0 amide bonds. The Labute approximate surface area is 160 Å². The molecule has 158 valence electrons. The molecule has 0 heterocycles. The van der Waals surface area contributed by atoms with Gasteiger partial charge in [0, 0.05) is 19.2 Å². The van der Waals surface area contributed by atoms with Gasteiger partial charge in [-0.05, 0) is 6.92 Å². The fourth-order valence-electron chi connectivity index (χ4n) is 1.73. The van der Waals surface area contributed by atoms with Crippen molar-refractivity contribution in [1.82, 2.24) is 9.80 Å². The average molecular weight is 404 g/mol. The average Bonchev–Trinajstić information content (AvgIpc) is 2.50. The minimum atomic E-state index is -1.23. The van der Waals surface area contributed by atoms with Gasteiger partial charge in [0.25, 0.3) is 0 Å². The first-order valence-corrected chi connectivity index (χ1v) is 7.82. The molecule has 0 spiro atoms. The van der Waals surface area contributed by atoms with Crippen molar-refractivity contribution in [3.63, 3.8) is 0 Å². The van der Waals surface area contributed by atoms with Crippen molar-refractivity contribution in [3.8, 4) is 0 Å². The summed E-state index contributed by atoms with van der Waals surface area (Å²) in [6.07, 6.45) is 5.98. The second kappa shape index (κ2) is 16.0. The van der Waals surface area contributed by atoms with E-state index < -0.39 is 56.0 Å². The van der Waals surface area contributed by atoms with E-state index in [0.29, 0.717) is 0 Å². The SMILES string of the molecule is CC=CC=CC(=O)O.O=C(O)CN(CCN(CC(=O)O)CC(=O)O)CC(=O)O. The third-order valence-corrected chi connectivity index (χ3v) is 2.71. The number of hydrogen-bond donors (Lipinski definition) is 5. The van der Waals surface area contributed by atoms with Crippen molar-refractivity contribution in [2.75, 3.05) is 39.3 Å². The Kier molecular flexibility index (Phi) is 15.4. The Morgan fingerprint density at radius 3 is 1.18 bits per heavy atom. The smallest absolute Gasteiger partial charge is 0.328 e. The number of hydrogen-bond acceptors (Lipinski definition) is 7. The van der Waals surface area contributed by atoms with E-state index >= 15 is 0 Å². The van der Waals surface area contributed by atoms with Crippen LogP contribution in [0.15, 0.2) is 24.3 Å². The Bertz CT molecular complexity index is 532. The third kappa shape index (κ3) is 20.8. The number of carboxylic acids is 5. The first kappa shape index (κ1) is 27.0. The molecular formula is C16H24N2O10. The number of allylic oxidation sites excluding steroid dienone is 3.